The first-order valence-electron chi connectivity index (χ1n) is 7.51. The number of carbonyl (C=O) groups is 1. The van der Waals surface area contributed by atoms with Gasteiger partial charge in [-0.05, 0) is 33.0 Å². The number of hydrogen-bond donors (Lipinski definition) is 0. The summed E-state index contributed by atoms with van der Waals surface area (Å²) in [7, 11) is 4.08. The lowest BCUT2D eigenvalue weighted by Crippen LogP contribution is -2.36. The Kier molecular flexibility index (Phi) is 7.31. The molecule has 0 heterocycles. The lowest BCUT2D eigenvalue weighted by molar-refractivity contribution is -0.132. The van der Waals surface area contributed by atoms with E-state index in [1.807, 2.05) is 19.0 Å². The molecule has 0 saturated carbocycles. The van der Waals surface area contributed by atoms with Crippen LogP contribution in [0.3, 0.4) is 0 Å². The molecule has 0 radical (unpaired) electrons. The second kappa shape index (κ2) is 8.75. The smallest absolute Gasteiger partial charge is 0.222 e. The molecule has 0 aliphatic carbocycles. The lowest BCUT2D eigenvalue weighted by atomic mass is 10.1. The normalized spacial score (nSPS) is 10.8. The highest BCUT2D eigenvalue weighted by Crippen LogP contribution is 2.09. The Bertz CT molecular complexity index is 398. The fourth-order valence-corrected chi connectivity index (χ4v) is 2.01. The van der Waals surface area contributed by atoms with E-state index in [-0.39, 0.29) is 5.91 Å². The van der Waals surface area contributed by atoms with Crippen LogP contribution in [0.4, 0.5) is 0 Å². The molecule has 1 rings (SSSR count). The maximum absolute atomic E-state index is 12.3. The third kappa shape index (κ3) is 6.20. The molecular formula is C17H28N2O. The Balaban J connectivity index is 2.65. The summed E-state index contributed by atoms with van der Waals surface area (Å²) in [6, 6.07) is 8.45. The molecule has 0 aliphatic heterocycles. The number of benzene rings is 1. The van der Waals surface area contributed by atoms with Gasteiger partial charge < -0.3 is 9.80 Å². The van der Waals surface area contributed by atoms with Crippen molar-refractivity contribution in [1.82, 2.24) is 9.80 Å². The zero-order valence-corrected chi connectivity index (χ0v) is 13.4. The van der Waals surface area contributed by atoms with Crippen LogP contribution in [0.1, 0.15) is 37.3 Å². The van der Waals surface area contributed by atoms with Crippen LogP contribution in [0.5, 0.6) is 0 Å². The van der Waals surface area contributed by atoms with Crippen LogP contribution in [-0.2, 0) is 11.3 Å². The monoisotopic (exact) mass is 276 g/mol. The van der Waals surface area contributed by atoms with Crippen molar-refractivity contribution in [1.29, 1.82) is 0 Å². The summed E-state index contributed by atoms with van der Waals surface area (Å²) >= 11 is 0. The predicted octanol–water partition coefficient (Wildman–Crippen LogP) is 3.08. The highest BCUT2D eigenvalue weighted by Gasteiger charge is 2.13. The van der Waals surface area contributed by atoms with Crippen molar-refractivity contribution in [3.63, 3.8) is 0 Å². The molecule has 0 bridgehead atoms. The van der Waals surface area contributed by atoms with Crippen molar-refractivity contribution in [2.45, 2.75) is 39.7 Å². The van der Waals surface area contributed by atoms with Gasteiger partial charge in [-0.2, -0.15) is 0 Å². The van der Waals surface area contributed by atoms with Gasteiger partial charge in [0.1, 0.15) is 0 Å². The number of amides is 1. The van der Waals surface area contributed by atoms with Crippen LogP contribution in [-0.4, -0.2) is 42.9 Å². The molecule has 0 unspecified atom stereocenters. The minimum absolute atomic E-state index is 0.272. The molecule has 0 N–H and O–H groups in total. The summed E-state index contributed by atoms with van der Waals surface area (Å²) in [5, 5.41) is 0. The maximum atomic E-state index is 12.3. The molecule has 1 aromatic carbocycles. The number of likely N-dealkylation sites (N-methyl/N-ethyl adjacent to an activating group) is 1. The number of hydrogen-bond acceptors (Lipinski definition) is 2. The second-order valence-corrected chi connectivity index (χ2v) is 5.71. The first-order chi connectivity index (χ1) is 9.52. The third-order valence-electron chi connectivity index (χ3n) is 3.41. The summed E-state index contributed by atoms with van der Waals surface area (Å²) < 4.78 is 0. The van der Waals surface area contributed by atoms with Crippen molar-refractivity contribution in [2.24, 2.45) is 0 Å². The third-order valence-corrected chi connectivity index (χ3v) is 3.41. The van der Waals surface area contributed by atoms with E-state index < -0.39 is 0 Å². The summed E-state index contributed by atoms with van der Waals surface area (Å²) in [5.41, 5.74) is 2.46. The molecule has 3 heteroatoms. The Hall–Kier alpha value is -1.35. The molecule has 3 nitrogen and oxygen atoms in total. The average molecular weight is 276 g/mol. The molecular weight excluding hydrogens is 248 g/mol. The number of aryl methyl sites for hydroxylation is 1. The van der Waals surface area contributed by atoms with E-state index in [2.05, 4.69) is 43.0 Å². The fourth-order valence-electron chi connectivity index (χ4n) is 2.01. The van der Waals surface area contributed by atoms with Crippen LogP contribution < -0.4 is 0 Å². The molecule has 0 saturated heterocycles. The zero-order valence-electron chi connectivity index (χ0n) is 13.4. The standard InChI is InChI=1S/C17H28N2O/c1-5-6-7-17(20)19(13-12-18(3)4)14-16-10-8-15(2)9-11-16/h8-11H,5-7,12-14H2,1-4H3. The molecule has 0 fully saturated rings. The summed E-state index contributed by atoms with van der Waals surface area (Å²) in [6.45, 7) is 6.63. The molecule has 0 aromatic heterocycles. The van der Waals surface area contributed by atoms with Crippen LogP contribution in [0.2, 0.25) is 0 Å². The summed E-state index contributed by atoms with van der Waals surface area (Å²) in [5.74, 6) is 0.272. The van der Waals surface area contributed by atoms with Gasteiger partial charge in [0, 0.05) is 26.1 Å². The zero-order chi connectivity index (χ0) is 15.0. The molecule has 0 aliphatic rings. The van der Waals surface area contributed by atoms with Gasteiger partial charge in [0.05, 0.1) is 0 Å². The Morgan fingerprint density at radius 2 is 1.75 bits per heavy atom. The molecule has 0 atom stereocenters. The van der Waals surface area contributed by atoms with Crippen molar-refractivity contribution < 1.29 is 4.79 Å². The van der Waals surface area contributed by atoms with E-state index in [1.165, 1.54) is 11.1 Å². The minimum Gasteiger partial charge on any atom is -0.337 e. The highest BCUT2D eigenvalue weighted by molar-refractivity contribution is 5.76. The number of nitrogens with zero attached hydrogens (tertiary/aromatic N) is 2. The minimum atomic E-state index is 0.272. The van der Waals surface area contributed by atoms with Crippen molar-refractivity contribution in [2.75, 3.05) is 27.2 Å². The van der Waals surface area contributed by atoms with Gasteiger partial charge in [0.15, 0.2) is 0 Å². The Labute approximate surface area is 123 Å². The number of unbranched alkanes of at least 4 members (excludes halogenated alkanes) is 1. The van der Waals surface area contributed by atoms with Crippen LogP contribution in [0, 0.1) is 6.92 Å². The van der Waals surface area contributed by atoms with Crippen molar-refractivity contribution in [3.05, 3.63) is 35.4 Å². The van der Waals surface area contributed by atoms with Gasteiger partial charge in [-0.1, -0.05) is 43.2 Å². The van der Waals surface area contributed by atoms with Crippen molar-refractivity contribution in [3.8, 4) is 0 Å². The summed E-state index contributed by atoms with van der Waals surface area (Å²) in [4.78, 5) is 16.4. The largest absolute Gasteiger partial charge is 0.337 e. The van der Waals surface area contributed by atoms with E-state index in [4.69, 9.17) is 0 Å². The first kappa shape index (κ1) is 16.7. The van der Waals surface area contributed by atoms with Gasteiger partial charge in [0.2, 0.25) is 5.91 Å². The lowest BCUT2D eigenvalue weighted by Gasteiger charge is -2.24. The quantitative estimate of drug-likeness (QED) is 0.728. The van der Waals surface area contributed by atoms with E-state index >= 15 is 0 Å². The predicted molar refractivity (Wildman–Crippen MR) is 84.7 cm³/mol. The molecule has 20 heavy (non-hydrogen) atoms. The maximum Gasteiger partial charge on any atom is 0.222 e. The average Bonchev–Trinajstić information content (AvgIpc) is 2.42. The number of rotatable bonds is 8. The van der Waals surface area contributed by atoms with Gasteiger partial charge >= 0.3 is 0 Å². The number of carbonyl (C=O) groups excluding carboxylic acids is 1. The van der Waals surface area contributed by atoms with Gasteiger partial charge in [-0.3, -0.25) is 4.79 Å². The van der Waals surface area contributed by atoms with Crippen LogP contribution >= 0.6 is 0 Å². The molecule has 112 valence electrons. The van der Waals surface area contributed by atoms with E-state index in [1.54, 1.807) is 0 Å². The van der Waals surface area contributed by atoms with Crippen molar-refractivity contribution >= 4 is 5.91 Å². The highest BCUT2D eigenvalue weighted by atomic mass is 16.2. The molecule has 1 aromatic rings. The Morgan fingerprint density at radius 1 is 1.10 bits per heavy atom. The van der Waals surface area contributed by atoms with E-state index in [0.717, 1.165) is 32.5 Å². The Morgan fingerprint density at radius 3 is 2.30 bits per heavy atom. The van der Waals surface area contributed by atoms with Gasteiger partial charge in [-0.15, -0.1) is 0 Å². The van der Waals surface area contributed by atoms with Gasteiger partial charge in [0.25, 0.3) is 0 Å². The fraction of sp³-hybridized carbons (Fsp3) is 0.588. The molecule has 1 amide bonds. The SMILES string of the molecule is CCCCC(=O)N(CCN(C)C)Cc1ccc(C)cc1. The second-order valence-electron chi connectivity index (χ2n) is 5.71. The summed E-state index contributed by atoms with van der Waals surface area (Å²) in [6.07, 6.45) is 2.71. The van der Waals surface area contributed by atoms with E-state index in [0.29, 0.717) is 6.42 Å². The van der Waals surface area contributed by atoms with E-state index in [9.17, 15) is 4.79 Å². The van der Waals surface area contributed by atoms with Gasteiger partial charge in [-0.25, -0.2) is 0 Å². The topological polar surface area (TPSA) is 23.6 Å². The van der Waals surface area contributed by atoms with Crippen LogP contribution in [0.25, 0.3) is 0 Å². The van der Waals surface area contributed by atoms with Crippen LogP contribution in [0.15, 0.2) is 24.3 Å². The molecule has 0 spiro atoms. The first-order valence-corrected chi connectivity index (χ1v) is 7.51.